The molecular formula is C7H11IN2O2. The highest BCUT2D eigenvalue weighted by Crippen LogP contribution is 2.17. The summed E-state index contributed by atoms with van der Waals surface area (Å²) in [5.41, 5.74) is 0. The molecule has 12 heavy (non-hydrogen) atoms. The highest BCUT2D eigenvalue weighted by Gasteiger charge is 2.29. The predicted octanol–water partition coefficient (Wildman–Crippen LogP) is 1.05. The van der Waals surface area contributed by atoms with E-state index in [0.29, 0.717) is 6.54 Å². The van der Waals surface area contributed by atoms with Gasteiger partial charge in [0.25, 0.3) is 0 Å². The molecule has 4 nitrogen and oxygen atoms in total. The van der Waals surface area contributed by atoms with Crippen LogP contribution in [0.1, 0.15) is 12.8 Å². The van der Waals surface area contributed by atoms with Gasteiger partial charge in [0.2, 0.25) is 0 Å². The summed E-state index contributed by atoms with van der Waals surface area (Å²) in [5, 5.41) is 0. The van der Waals surface area contributed by atoms with Crippen molar-refractivity contribution < 1.29 is 9.59 Å². The van der Waals surface area contributed by atoms with Crippen LogP contribution in [0.2, 0.25) is 0 Å². The maximum Gasteiger partial charge on any atom is 0.329 e. The minimum atomic E-state index is -0.199. The highest BCUT2D eigenvalue weighted by atomic mass is 127. The van der Waals surface area contributed by atoms with Crippen molar-refractivity contribution in [1.29, 1.82) is 0 Å². The molecule has 1 atom stereocenters. The van der Waals surface area contributed by atoms with Crippen LogP contribution in [0.15, 0.2) is 0 Å². The third-order valence-electron chi connectivity index (χ3n) is 1.97. The number of hydrogen-bond acceptors (Lipinski definition) is 2. The SMILES string of the molecule is CN(I)C(=O)N1CCCC1C=O. The van der Waals surface area contributed by atoms with Crippen molar-refractivity contribution in [3.05, 3.63) is 0 Å². The second-order valence-electron chi connectivity index (χ2n) is 2.80. The topological polar surface area (TPSA) is 40.6 Å². The molecular weight excluding hydrogens is 271 g/mol. The Balaban J connectivity index is 2.61. The normalized spacial score (nSPS) is 22.5. The Morgan fingerprint density at radius 3 is 2.92 bits per heavy atom. The molecule has 0 spiro atoms. The molecule has 0 aromatic rings. The summed E-state index contributed by atoms with van der Waals surface area (Å²) in [6.07, 6.45) is 2.59. The van der Waals surface area contributed by atoms with Crippen molar-refractivity contribution in [2.75, 3.05) is 13.6 Å². The molecule has 1 heterocycles. The van der Waals surface area contributed by atoms with Crippen LogP contribution in [0, 0.1) is 0 Å². The van der Waals surface area contributed by atoms with E-state index in [-0.39, 0.29) is 12.1 Å². The summed E-state index contributed by atoms with van der Waals surface area (Å²) in [6, 6.07) is -0.278. The Morgan fingerprint density at radius 1 is 1.75 bits per heavy atom. The van der Waals surface area contributed by atoms with Gasteiger partial charge in [-0.05, 0) is 12.8 Å². The smallest absolute Gasteiger partial charge is 0.314 e. The van der Waals surface area contributed by atoms with Gasteiger partial charge in [-0.2, -0.15) is 0 Å². The number of urea groups is 1. The number of carbonyl (C=O) groups excluding carboxylic acids is 2. The lowest BCUT2D eigenvalue weighted by molar-refractivity contribution is -0.110. The molecule has 2 amide bonds. The lowest BCUT2D eigenvalue weighted by Crippen LogP contribution is -2.40. The predicted molar refractivity (Wildman–Crippen MR) is 53.0 cm³/mol. The van der Waals surface area contributed by atoms with Gasteiger partial charge >= 0.3 is 6.03 Å². The van der Waals surface area contributed by atoms with E-state index in [1.807, 2.05) is 22.9 Å². The second-order valence-corrected chi connectivity index (χ2v) is 4.25. The summed E-state index contributed by atoms with van der Waals surface area (Å²) in [7, 11) is 1.68. The van der Waals surface area contributed by atoms with Gasteiger partial charge in [-0.1, -0.05) is 0 Å². The zero-order valence-electron chi connectivity index (χ0n) is 6.86. The Bertz CT molecular complexity index is 196. The van der Waals surface area contributed by atoms with Crippen LogP contribution in [-0.2, 0) is 4.79 Å². The molecule has 0 aromatic heterocycles. The van der Waals surface area contributed by atoms with Gasteiger partial charge in [-0.15, -0.1) is 0 Å². The van der Waals surface area contributed by atoms with Crippen molar-refractivity contribution in [3.63, 3.8) is 0 Å². The van der Waals surface area contributed by atoms with Crippen LogP contribution in [0.3, 0.4) is 0 Å². The van der Waals surface area contributed by atoms with E-state index in [9.17, 15) is 9.59 Å². The number of aldehydes is 1. The fourth-order valence-corrected chi connectivity index (χ4v) is 1.63. The monoisotopic (exact) mass is 282 g/mol. The lowest BCUT2D eigenvalue weighted by Gasteiger charge is -2.22. The van der Waals surface area contributed by atoms with E-state index in [0.717, 1.165) is 19.1 Å². The summed E-state index contributed by atoms with van der Waals surface area (Å²) in [5.74, 6) is 0. The Hall–Kier alpha value is -0.330. The first-order valence-electron chi connectivity index (χ1n) is 3.82. The van der Waals surface area contributed by atoms with E-state index in [4.69, 9.17) is 0 Å². The fraction of sp³-hybridized carbons (Fsp3) is 0.714. The number of amides is 2. The first-order chi connectivity index (χ1) is 5.66. The molecule has 1 fully saturated rings. The molecule has 68 valence electrons. The number of nitrogens with zero attached hydrogens (tertiary/aromatic N) is 2. The summed E-state index contributed by atoms with van der Waals surface area (Å²) < 4.78 is 1.47. The van der Waals surface area contributed by atoms with Crippen LogP contribution < -0.4 is 0 Å². The Labute approximate surface area is 85.4 Å². The van der Waals surface area contributed by atoms with E-state index in [2.05, 4.69) is 0 Å². The Morgan fingerprint density at radius 2 is 2.42 bits per heavy atom. The second kappa shape index (κ2) is 4.06. The molecule has 1 aliphatic heterocycles. The molecule has 1 aliphatic rings. The van der Waals surface area contributed by atoms with Crippen LogP contribution in [0.5, 0.6) is 0 Å². The number of rotatable bonds is 1. The molecule has 0 saturated carbocycles. The van der Waals surface area contributed by atoms with Crippen LogP contribution in [-0.4, -0.2) is 40.0 Å². The van der Waals surface area contributed by atoms with E-state index >= 15 is 0 Å². The highest BCUT2D eigenvalue weighted by molar-refractivity contribution is 14.1. The third-order valence-corrected chi connectivity index (χ3v) is 2.38. The number of hydrogen-bond donors (Lipinski definition) is 0. The maximum absolute atomic E-state index is 11.4. The molecule has 1 unspecified atom stereocenters. The van der Waals surface area contributed by atoms with Crippen molar-refractivity contribution >= 4 is 35.2 Å². The van der Waals surface area contributed by atoms with Crippen molar-refractivity contribution in [2.24, 2.45) is 0 Å². The molecule has 0 radical (unpaired) electrons. The molecule has 0 aliphatic carbocycles. The number of halogens is 1. The molecule has 1 rings (SSSR count). The molecule has 0 bridgehead atoms. The molecule has 1 saturated heterocycles. The quantitative estimate of drug-likeness (QED) is 0.410. The van der Waals surface area contributed by atoms with Gasteiger partial charge < -0.3 is 9.69 Å². The first-order valence-corrected chi connectivity index (χ1v) is 4.78. The van der Waals surface area contributed by atoms with Gasteiger partial charge in [0.15, 0.2) is 0 Å². The summed E-state index contributed by atoms with van der Waals surface area (Å²) in [4.78, 5) is 23.5. The molecule has 0 aromatic carbocycles. The number of likely N-dealkylation sites (tertiary alicyclic amines) is 1. The minimum Gasteiger partial charge on any atom is -0.314 e. The zero-order valence-corrected chi connectivity index (χ0v) is 9.02. The van der Waals surface area contributed by atoms with Crippen LogP contribution in [0.4, 0.5) is 4.79 Å². The van der Waals surface area contributed by atoms with Gasteiger partial charge in [-0.3, -0.25) is 3.11 Å². The van der Waals surface area contributed by atoms with E-state index < -0.39 is 0 Å². The van der Waals surface area contributed by atoms with Crippen LogP contribution in [0.25, 0.3) is 0 Å². The van der Waals surface area contributed by atoms with E-state index in [1.54, 1.807) is 11.9 Å². The lowest BCUT2D eigenvalue weighted by atomic mass is 10.2. The standard InChI is InChI=1S/C7H11IN2O2/c1-9(8)7(12)10-4-2-3-6(10)5-11/h5-6H,2-4H2,1H3. The summed E-state index contributed by atoms with van der Waals surface area (Å²) >= 11 is 1.91. The fourth-order valence-electron chi connectivity index (χ4n) is 1.35. The van der Waals surface area contributed by atoms with Crippen molar-refractivity contribution in [1.82, 2.24) is 8.01 Å². The van der Waals surface area contributed by atoms with Crippen molar-refractivity contribution in [3.8, 4) is 0 Å². The Kier molecular flexibility index (Phi) is 3.30. The minimum absolute atomic E-state index is 0.0785. The largest absolute Gasteiger partial charge is 0.329 e. The van der Waals surface area contributed by atoms with Gasteiger partial charge in [0.1, 0.15) is 6.29 Å². The van der Waals surface area contributed by atoms with E-state index in [1.165, 1.54) is 3.11 Å². The van der Waals surface area contributed by atoms with Gasteiger partial charge in [0.05, 0.1) is 28.9 Å². The van der Waals surface area contributed by atoms with Crippen LogP contribution >= 0.6 is 22.9 Å². The average molecular weight is 282 g/mol. The third kappa shape index (κ3) is 1.88. The zero-order chi connectivity index (χ0) is 9.14. The van der Waals surface area contributed by atoms with Gasteiger partial charge in [0, 0.05) is 13.6 Å². The molecule has 5 heteroatoms. The summed E-state index contributed by atoms with van der Waals surface area (Å²) in [6.45, 7) is 0.704. The first kappa shape index (κ1) is 9.76. The maximum atomic E-state index is 11.4. The average Bonchev–Trinajstić information content (AvgIpc) is 2.49. The number of carbonyl (C=O) groups is 2. The van der Waals surface area contributed by atoms with Crippen molar-refractivity contribution in [2.45, 2.75) is 18.9 Å². The van der Waals surface area contributed by atoms with Gasteiger partial charge in [-0.25, -0.2) is 4.79 Å². The molecule has 0 N–H and O–H groups in total.